The highest BCUT2D eigenvalue weighted by atomic mass is 16.2. The molecule has 6 nitrogen and oxygen atoms in total. The summed E-state index contributed by atoms with van der Waals surface area (Å²) in [5.41, 5.74) is 2.83. The molecular weight excluding hydrogens is 400 g/mol. The number of fused-ring (bicyclic) bond motifs is 1. The van der Waals surface area contributed by atoms with Crippen LogP contribution < -0.4 is 5.32 Å². The number of carbonyl (C=O) groups is 2. The third-order valence-corrected chi connectivity index (χ3v) is 6.16. The van der Waals surface area contributed by atoms with Gasteiger partial charge in [-0.25, -0.2) is 0 Å². The number of hydrogen-bond acceptors (Lipinski definition) is 4. The molecule has 1 atom stereocenters. The number of benzene rings is 2. The van der Waals surface area contributed by atoms with Gasteiger partial charge < -0.3 is 15.1 Å². The average molecular weight is 431 g/mol. The van der Waals surface area contributed by atoms with E-state index >= 15 is 0 Å². The zero-order valence-corrected chi connectivity index (χ0v) is 18.8. The molecule has 1 fully saturated rings. The summed E-state index contributed by atoms with van der Waals surface area (Å²) in [6, 6.07) is 16.1. The van der Waals surface area contributed by atoms with Crippen molar-refractivity contribution in [2.45, 2.75) is 25.3 Å². The first kappa shape index (κ1) is 22.0. The van der Waals surface area contributed by atoms with Crippen molar-refractivity contribution in [2.24, 2.45) is 0 Å². The lowest BCUT2D eigenvalue weighted by Gasteiger charge is -2.26. The van der Waals surface area contributed by atoms with Crippen LogP contribution in [0.25, 0.3) is 21.9 Å². The zero-order valence-electron chi connectivity index (χ0n) is 18.8. The molecule has 2 heterocycles. The summed E-state index contributed by atoms with van der Waals surface area (Å²) < 4.78 is 0. The van der Waals surface area contributed by atoms with Crippen LogP contribution in [-0.2, 0) is 4.79 Å². The van der Waals surface area contributed by atoms with E-state index < -0.39 is 0 Å². The summed E-state index contributed by atoms with van der Waals surface area (Å²) in [4.78, 5) is 33.4. The number of likely N-dealkylation sites (N-methyl/N-ethyl adjacent to an activating group) is 1. The lowest BCUT2D eigenvalue weighted by atomic mass is 9.95. The predicted octanol–water partition coefficient (Wildman–Crippen LogP) is 3.57. The van der Waals surface area contributed by atoms with Crippen molar-refractivity contribution in [3.63, 3.8) is 0 Å². The molecule has 0 aliphatic carbocycles. The van der Waals surface area contributed by atoms with Crippen LogP contribution in [0, 0.1) is 0 Å². The average Bonchev–Trinajstić information content (AvgIpc) is 3.16. The fraction of sp³-hybridized carbons (Fsp3) is 0.346. The second-order valence-electron chi connectivity index (χ2n) is 8.57. The molecule has 1 N–H and O–H groups in total. The van der Waals surface area contributed by atoms with Gasteiger partial charge in [-0.05, 0) is 67.0 Å². The van der Waals surface area contributed by atoms with Crippen molar-refractivity contribution in [1.29, 1.82) is 0 Å². The van der Waals surface area contributed by atoms with E-state index in [9.17, 15) is 9.59 Å². The maximum Gasteiger partial charge on any atom is 0.251 e. The minimum absolute atomic E-state index is 0.0772. The normalized spacial score (nSPS) is 16.2. The van der Waals surface area contributed by atoms with Gasteiger partial charge in [0.25, 0.3) is 5.91 Å². The fourth-order valence-electron chi connectivity index (χ4n) is 4.44. The molecule has 1 aliphatic heterocycles. The van der Waals surface area contributed by atoms with Crippen molar-refractivity contribution in [3.8, 4) is 11.1 Å². The first-order valence-electron chi connectivity index (χ1n) is 11.2. The molecule has 1 aromatic heterocycles. The lowest BCUT2D eigenvalue weighted by molar-refractivity contribution is -0.129. The van der Waals surface area contributed by atoms with Crippen LogP contribution in [0.15, 0.2) is 60.9 Å². The molecule has 0 spiro atoms. The number of pyridine rings is 1. The topological polar surface area (TPSA) is 65.5 Å². The number of hydrogen-bond donors (Lipinski definition) is 1. The van der Waals surface area contributed by atoms with Crippen LogP contribution in [-0.4, -0.2) is 66.4 Å². The summed E-state index contributed by atoms with van der Waals surface area (Å²) in [6.07, 6.45) is 5.80. The van der Waals surface area contributed by atoms with Gasteiger partial charge in [-0.3, -0.25) is 14.6 Å². The third-order valence-electron chi connectivity index (χ3n) is 6.16. The molecule has 0 bridgehead atoms. The van der Waals surface area contributed by atoms with E-state index in [0.717, 1.165) is 47.8 Å². The van der Waals surface area contributed by atoms with Gasteiger partial charge in [0, 0.05) is 50.1 Å². The van der Waals surface area contributed by atoms with Crippen molar-refractivity contribution in [3.05, 3.63) is 66.5 Å². The number of carbonyl (C=O) groups excluding carboxylic acids is 2. The Morgan fingerprint density at radius 2 is 1.84 bits per heavy atom. The highest BCUT2D eigenvalue weighted by Crippen LogP contribution is 2.30. The molecule has 166 valence electrons. The largest absolute Gasteiger partial charge is 0.352 e. The molecule has 0 radical (unpaired) electrons. The first-order valence-corrected chi connectivity index (χ1v) is 11.2. The Morgan fingerprint density at radius 1 is 1.09 bits per heavy atom. The number of likely N-dealkylation sites (tertiary alicyclic amines) is 1. The molecule has 1 unspecified atom stereocenters. The smallest absolute Gasteiger partial charge is 0.251 e. The van der Waals surface area contributed by atoms with Gasteiger partial charge in [0.15, 0.2) is 0 Å². The minimum atomic E-state index is -0.0772. The highest BCUT2D eigenvalue weighted by molar-refractivity contribution is 6.10. The van der Waals surface area contributed by atoms with Gasteiger partial charge in [-0.15, -0.1) is 0 Å². The molecule has 2 aromatic carbocycles. The Kier molecular flexibility index (Phi) is 6.81. The van der Waals surface area contributed by atoms with Gasteiger partial charge in [0.05, 0.1) is 0 Å². The monoisotopic (exact) mass is 430 g/mol. The summed E-state index contributed by atoms with van der Waals surface area (Å²) in [7, 11) is 4.03. The molecule has 1 aliphatic rings. The van der Waals surface area contributed by atoms with Crippen molar-refractivity contribution in [2.75, 3.05) is 33.7 Å². The summed E-state index contributed by atoms with van der Waals surface area (Å²) in [6.45, 7) is 2.14. The van der Waals surface area contributed by atoms with E-state index in [0.29, 0.717) is 18.5 Å². The standard InChI is InChI=1S/C26H30N4O2/c1-29(2)17-18-30-20(7-10-25(30)31)13-16-28-26(32)24-9-8-21(19-11-14-27-15-12-19)22-5-3-4-6-23(22)24/h3-6,8-9,11-12,14-15,20H,7,10,13,16-18H2,1-2H3,(H,28,32). The van der Waals surface area contributed by atoms with E-state index in [1.165, 1.54) is 0 Å². The zero-order chi connectivity index (χ0) is 22.5. The summed E-state index contributed by atoms with van der Waals surface area (Å²) in [5, 5.41) is 5.06. The first-order chi connectivity index (χ1) is 15.5. The quantitative estimate of drug-likeness (QED) is 0.593. The number of amides is 2. The van der Waals surface area contributed by atoms with Crippen molar-refractivity contribution in [1.82, 2.24) is 20.1 Å². The van der Waals surface area contributed by atoms with E-state index in [2.05, 4.69) is 21.3 Å². The van der Waals surface area contributed by atoms with Gasteiger partial charge >= 0.3 is 0 Å². The van der Waals surface area contributed by atoms with Gasteiger partial charge in [-0.2, -0.15) is 0 Å². The second-order valence-corrected chi connectivity index (χ2v) is 8.57. The van der Waals surface area contributed by atoms with E-state index in [1.54, 1.807) is 12.4 Å². The molecule has 0 saturated carbocycles. The van der Waals surface area contributed by atoms with Crippen molar-refractivity contribution < 1.29 is 9.59 Å². The third kappa shape index (κ3) is 4.81. The summed E-state index contributed by atoms with van der Waals surface area (Å²) >= 11 is 0. The number of nitrogens with zero attached hydrogens (tertiary/aromatic N) is 3. The Morgan fingerprint density at radius 3 is 2.59 bits per heavy atom. The van der Waals surface area contributed by atoms with Gasteiger partial charge in [-0.1, -0.05) is 30.3 Å². The van der Waals surface area contributed by atoms with Gasteiger partial charge in [0.2, 0.25) is 5.91 Å². The molecule has 32 heavy (non-hydrogen) atoms. The highest BCUT2D eigenvalue weighted by Gasteiger charge is 2.30. The van der Waals surface area contributed by atoms with Crippen LogP contribution in [0.3, 0.4) is 0 Å². The fourth-order valence-corrected chi connectivity index (χ4v) is 4.44. The van der Waals surface area contributed by atoms with Crippen LogP contribution in [0.4, 0.5) is 0 Å². The molecule has 3 aromatic rings. The van der Waals surface area contributed by atoms with Crippen LogP contribution >= 0.6 is 0 Å². The maximum absolute atomic E-state index is 13.0. The Labute approximate surface area is 189 Å². The molecule has 6 heteroatoms. The second kappa shape index (κ2) is 9.92. The molecule has 1 saturated heterocycles. The Hall–Kier alpha value is -3.25. The van der Waals surface area contributed by atoms with Crippen LogP contribution in [0.2, 0.25) is 0 Å². The predicted molar refractivity (Wildman–Crippen MR) is 127 cm³/mol. The van der Waals surface area contributed by atoms with Crippen LogP contribution in [0.5, 0.6) is 0 Å². The molecular formula is C26H30N4O2. The number of rotatable bonds is 8. The van der Waals surface area contributed by atoms with E-state index in [4.69, 9.17) is 0 Å². The van der Waals surface area contributed by atoms with Gasteiger partial charge in [0.1, 0.15) is 0 Å². The minimum Gasteiger partial charge on any atom is -0.352 e. The van der Waals surface area contributed by atoms with E-state index in [-0.39, 0.29) is 17.9 Å². The number of nitrogens with one attached hydrogen (secondary N) is 1. The molecule has 4 rings (SSSR count). The van der Waals surface area contributed by atoms with Crippen LogP contribution in [0.1, 0.15) is 29.6 Å². The SMILES string of the molecule is CN(C)CCN1C(=O)CCC1CCNC(=O)c1ccc(-c2ccncc2)c2ccccc12. The van der Waals surface area contributed by atoms with Crippen molar-refractivity contribution >= 4 is 22.6 Å². The number of aromatic nitrogens is 1. The Bertz CT molecular complexity index is 1100. The maximum atomic E-state index is 13.0. The molecule has 2 amide bonds. The summed E-state index contributed by atoms with van der Waals surface area (Å²) in [5.74, 6) is 0.146. The Balaban J connectivity index is 1.45. The lowest BCUT2D eigenvalue weighted by Crippen LogP contribution is -2.40. The van der Waals surface area contributed by atoms with E-state index in [1.807, 2.05) is 61.5 Å².